The van der Waals surface area contributed by atoms with E-state index < -0.39 is 0 Å². The molecule has 0 radical (unpaired) electrons. The normalized spacial score (nSPS) is 18.4. The van der Waals surface area contributed by atoms with Crippen LogP contribution in [0.15, 0.2) is 0 Å². The zero-order valence-electron chi connectivity index (χ0n) is 11.6. The van der Waals surface area contributed by atoms with Gasteiger partial charge >= 0.3 is 0 Å². The first-order valence-electron chi connectivity index (χ1n) is 6.70. The third kappa shape index (κ3) is 3.97. The monoisotopic (exact) mass is 252 g/mol. The highest BCUT2D eigenvalue weighted by molar-refractivity contribution is 5.81. The molecule has 1 aliphatic heterocycles. The Labute approximate surface area is 110 Å². The standard InChI is InChI=1S/C13H24N4O/c1-11(2)17(8-4-5-14)13(18)12(3)16-9-6-15-7-10-16/h11-12,15H,4,6-10H2,1-3H3. The van der Waals surface area contributed by atoms with Crippen LogP contribution in [0.3, 0.4) is 0 Å². The molecule has 1 fully saturated rings. The summed E-state index contributed by atoms with van der Waals surface area (Å²) in [6.45, 7) is 10.2. The fourth-order valence-electron chi connectivity index (χ4n) is 2.26. The van der Waals surface area contributed by atoms with E-state index in [1.165, 1.54) is 0 Å². The van der Waals surface area contributed by atoms with Crippen LogP contribution in [0.25, 0.3) is 0 Å². The van der Waals surface area contributed by atoms with Crippen LogP contribution in [0.1, 0.15) is 27.2 Å². The first-order valence-corrected chi connectivity index (χ1v) is 6.70. The minimum Gasteiger partial charge on any atom is -0.338 e. The largest absolute Gasteiger partial charge is 0.338 e. The third-order valence-electron chi connectivity index (χ3n) is 3.43. The van der Waals surface area contributed by atoms with Gasteiger partial charge in [0, 0.05) is 38.8 Å². The molecule has 0 aliphatic carbocycles. The van der Waals surface area contributed by atoms with Gasteiger partial charge in [0.05, 0.1) is 18.5 Å². The average molecular weight is 252 g/mol. The second kappa shape index (κ2) is 7.34. The number of nitriles is 1. The number of nitrogens with one attached hydrogen (secondary N) is 1. The molecule has 1 rings (SSSR count). The van der Waals surface area contributed by atoms with Crippen molar-refractivity contribution in [2.45, 2.75) is 39.3 Å². The van der Waals surface area contributed by atoms with Crippen molar-refractivity contribution < 1.29 is 4.79 Å². The zero-order chi connectivity index (χ0) is 13.5. The lowest BCUT2D eigenvalue weighted by Crippen LogP contribution is -2.54. The molecule has 0 aromatic carbocycles. The van der Waals surface area contributed by atoms with E-state index >= 15 is 0 Å². The molecule has 5 nitrogen and oxygen atoms in total. The minimum absolute atomic E-state index is 0.0896. The Kier molecular flexibility index (Phi) is 6.10. The van der Waals surface area contributed by atoms with Crippen molar-refractivity contribution in [2.24, 2.45) is 0 Å². The van der Waals surface area contributed by atoms with Crippen molar-refractivity contribution in [2.75, 3.05) is 32.7 Å². The maximum absolute atomic E-state index is 12.4. The number of piperazine rings is 1. The molecule has 0 spiro atoms. The Morgan fingerprint density at radius 3 is 2.50 bits per heavy atom. The van der Waals surface area contributed by atoms with Crippen molar-refractivity contribution in [3.8, 4) is 6.07 Å². The fourth-order valence-corrected chi connectivity index (χ4v) is 2.26. The van der Waals surface area contributed by atoms with E-state index in [9.17, 15) is 4.79 Å². The zero-order valence-corrected chi connectivity index (χ0v) is 11.6. The first-order chi connectivity index (χ1) is 8.57. The maximum Gasteiger partial charge on any atom is 0.239 e. The molecule has 0 bridgehead atoms. The number of nitrogens with zero attached hydrogens (tertiary/aromatic N) is 3. The number of rotatable bonds is 5. The van der Waals surface area contributed by atoms with Gasteiger partial charge in [-0.25, -0.2) is 0 Å². The number of hydrogen-bond donors (Lipinski definition) is 1. The summed E-state index contributed by atoms with van der Waals surface area (Å²) in [5, 5.41) is 11.9. The number of carbonyl (C=O) groups excluding carboxylic acids is 1. The van der Waals surface area contributed by atoms with E-state index in [1.807, 2.05) is 25.7 Å². The van der Waals surface area contributed by atoms with E-state index in [4.69, 9.17) is 5.26 Å². The molecule has 1 N–H and O–H groups in total. The summed E-state index contributed by atoms with van der Waals surface area (Å²) in [4.78, 5) is 16.5. The van der Waals surface area contributed by atoms with E-state index in [0.29, 0.717) is 13.0 Å². The third-order valence-corrected chi connectivity index (χ3v) is 3.43. The Bertz CT molecular complexity index is 305. The van der Waals surface area contributed by atoms with Crippen LogP contribution >= 0.6 is 0 Å². The second-order valence-electron chi connectivity index (χ2n) is 5.00. The smallest absolute Gasteiger partial charge is 0.239 e. The Hall–Kier alpha value is -1.12. The van der Waals surface area contributed by atoms with Gasteiger partial charge < -0.3 is 10.2 Å². The van der Waals surface area contributed by atoms with Crippen LogP contribution in [0, 0.1) is 11.3 Å². The molecule has 102 valence electrons. The van der Waals surface area contributed by atoms with E-state index in [1.54, 1.807) is 0 Å². The molecule has 1 saturated heterocycles. The second-order valence-corrected chi connectivity index (χ2v) is 5.00. The molecule has 1 heterocycles. The Balaban J connectivity index is 2.60. The number of amides is 1. The summed E-state index contributed by atoms with van der Waals surface area (Å²) in [6, 6.07) is 2.17. The topological polar surface area (TPSA) is 59.4 Å². The SMILES string of the molecule is CC(C(=O)N(CCC#N)C(C)C)N1CCNCC1. The molecular weight excluding hydrogens is 228 g/mol. The minimum atomic E-state index is -0.0896. The summed E-state index contributed by atoms with van der Waals surface area (Å²) in [5.41, 5.74) is 0. The van der Waals surface area contributed by atoms with Crippen molar-refractivity contribution in [1.29, 1.82) is 5.26 Å². The van der Waals surface area contributed by atoms with Crippen LogP contribution in [0.2, 0.25) is 0 Å². The highest BCUT2D eigenvalue weighted by atomic mass is 16.2. The van der Waals surface area contributed by atoms with Crippen molar-refractivity contribution in [3.63, 3.8) is 0 Å². The van der Waals surface area contributed by atoms with Crippen LogP contribution in [0.4, 0.5) is 0 Å². The Morgan fingerprint density at radius 1 is 1.39 bits per heavy atom. The van der Waals surface area contributed by atoms with E-state index in [2.05, 4.69) is 16.3 Å². The predicted molar refractivity (Wildman–Crippen MR) is 71.0 cm³/mol. The summed E-state index contributed by atoms with van der Waals surface area (Å²) in [5.74, 6) is 0.141. The van der Waals surface area contributed by atoms with Gasteiger partial charge in [-0.2, -0.15) is 5.26 Å². The van der Waals surface area contributed by atoms with Gasteiger partial charge in [0.15, 0.2) is 0 Å². The van der Waals surface area contributed by atoms with Crippen LogP contribution < -0.4 is 5.32 Å². The van der Waals surface area contributed by atoms with E-state index in [-0.39, 0.29) is 18.0 Å². The molecule has 0 aromatic heterocycles. The lowest BCUT2D eigenvalue weighted by atomic mass is 10.1. The molecule has 18 heavy (non-hydrogen) atoms. The molecule has 1 aliphatic rings. The molecule has 1 unspecified atom stereocenters. The molecule has 5 heteroatoms. The van der Waals surface area contributed by atoms with Crippen LogP contribution in [-0.4, -0.2) is 60.5 Å². The summed E-state index contributed by atoms with van der Waals surface area (Å²) < 4.78 is 0. The highest BCUT2D eigenvalue weighted by Crippen LogP contribution is 2.09. The highest BCUT2D eigenvalue weighted by Gasteiger charge is 2.27. The number of carbonyl (C=O) groups is 1. The van der Waals surface area contributed by atoms with Crippen molar-refractivity contribution in [1.82, 2.24) is 15.1 Å². The quantitative estimate of drug-likeness (QED) is 0.771. The number of hydrogen-bond acceptors (Lipinski definition) is 4. The van der Waals surface area contributed by atoms with Gasteiger partial charge in [0.25, 0.3) is 0 Å². The van der Waals surface area contributed by atoms with Crippen molar-refractivity contribution >= 4 is 5.91 Å². The van der Waals surface area contributed by atoms with Crippen LogP contribution in [-0.2, 0) is 4.79 Å². The van der Waals surface area contributed by atoms with Gasteiger partial charge in [0.1, 0.15) is 0 Å². The molecular formula is C13H24N4O. The van der Waals surface area contributed by atoms with Crippen molar-refractivity contribution in [3.05, 3.63) is 0 Å². The summed E-state index contributed by atoms with van der Waals surface area (Å²) >= 11 is 0. The first kappa shape index (κ1) is 14.9. The summed E-state index contributed by atoms with van der Waals surface area (Å²) in [7, 11) is 0. The van der Waals surface area contributed by atoms with Gasteiger partial charge in [-0.3, -0.25) is 9.69 Å². The Morgan fingerprint density at radius 2 is 2.00 bits per heavy atom. The van der Waals surface area contributed by atoms with Crippen LogP contribution in [0.5, 0.6) is 0 Å². The predicted octanol–water partition coefficient (Wildman–Crippen LogP) is 0.431. The lowest BCUT2D eigenvalue weighted by Gasteiger charge is -2.36. The maximum atomic E-state index is 12.4. The lowest BCUT2D eigenvalue weighted by molar-refractivity contribution is -0.138. The summed E-state index contributed by atoms with van der Waals surface area (Å²) in [6.07, 6.45) is 0.401. The van der Waals surface area contributed by atoms with Gasteiger partial charge in [-0.15, -0.1) is 0 Å². The van der Waals surface area contributed by atoms with Gasteiger partial charge in [-0.1, -0.05) is 0 Å². The average Bonchev–Trinajstić information content (AvgIpc) is 2.38. The fraction of sp³-hybridized carbons (Fsp3) is 0.846. The molecule has 1 atom stereocenters. The van der Waals surface area contributed by atoms with Gasteiger partial charge in [0.2, 0.25) is 5.91 Å². The van der Waals surface area contributed by atoms with E-state index in [0.717, 1.165) is 26.2 Å². The molecule has 1 amide bonds. The van der Waals surface area contributed by atoms with Gasteiger partial charge in [-0.05, 0) is 20.8 Å². The molecule has 0 saturated carbocycles. The molecule has 0 aromatic rings.